The number of rotatable bonds is 4. The summed E-state index contributed by atoms with van der Waals surface area (Å²) >= 11 is 0. The lowest BCUT2D eigenvalue weighted by molar-refractivity contribution is 0.233. The van der Waals surface area contributed by atoms with E-state index in [-0.39, 0.29) is 0 Å². The van der Waals surface area contributed by atoms with Crippen molar-refractivity contribution in [1.82, 2.24) is 5.32 Å². The molecule has 1 heteroatoms. The van der Waals surface area contributed by atoms with Crippen LogP contribution in [0, 0.1) is 11.8 Å². The van der Waals surface area contributed by atoms with Crippen LogP contribution in [-0.2, 0) is 0 Å². The highest BCUT2D eigenvalue weighted by atomic mass is 15.0. The van der Waals surface area contributed by atoms with Gasteiger partial charge in [-0.3, -0.25) is 0 Å². The zero-order chi connectivity index (χ0) is 10.6. The first kappa shape index (κ1) is 12.0. The summed E-state index contributed by atoms with van der Waals surface area (Å²) < 4.78 is 0. The summed E-state index contributed by atoms with van der Waals surface area (Å²) in [6.07, 6.45) is 6.95. The minimum atomic E-state index is 0.723. The third-order valence-corrected chi connectivity index (χ3v) is 3.78. The van der Waals surface area contributed by atoms with E-state index >= 15 is 0 Å². The summed E-state index contributed by atoms with van der Waals surface area (Å²) in [5.41, 5.74) is 0. The molecule has 3 atom stereocenters. The molecule has 0 amide bonds. The Morgan fingerprint density at radius 2 is 1.86 bits per heavy atom. The quantitative estimate of drug-likeness (QED) is 0.726. The molecule has 14 heavy (non-hydrogen) atoms. The van der Waals surface area contributed by atoms with Gasteiger partial charge < -0.3 is 5.32 Å². The molecule has 0 saturated heterocycles. The molecular weight excluding hydrogens is 170 g/mol. The van der Waals surface area contributed by atoms with Gasteiger partial charge in [0.2, 0.25) is 0 Å². The van der Waals surface area contributed by atoms with Crippen molar-refractivity contribution in [2.45, 2.75) is 71.9 Å². The second-order valence-electron chi connectivity index (χ2n) is 5.29. The zero-order valence-corrected chi connectivity index (χ0v) is 10.3. The van der Waals surface area contributed by atoms with Crippen LogP contribution in [-0.4, -0.2) is 12.1 Å². The fourth-order valence-electron chi connectivity index (χ4n) is 2.62. The van der Waals surface area contributed by atoms with Gasteiger partial charge in [0.25, 0.3) is 0 Å². The highest BCUT2D eigenvalue weighted by molar-refractivity contribution is 4.82. The van der Waals surface area contributed by atoms with E-state index < -0.39 is 0 Å². The van der Waals surface area contributed by atoms with Crippen LogP contribution in [0.1, 0.15) is 59.8 Å². The molecule has 1 saturated carbocycles. The van der Waals surface area contributed by atoms with Gasteiger partial charge in [-0.1, -0.05) is 40.5 Å². The van der Waals surface area contributed by atoms with E-state index in [4.69, 9.17) is 0 Å². The summed E-state index contributed by atoms with van der Waals surface area (Å²) in [4.78, 5) is 0. The van der Waals surface area contributed by atoms with Crippen molar-refractivity contribution in [3.8, 4) is 0 Å². The predicted octanol–water partition coefficient (Wildman–Crippen LogP) is 3.59. The normalized spacial score (nSPS) is 30.6. The molecule has 1 N–H and O–H groups in total. The van der Waals surface area contributed by atoms with Crippen LogP contribution in [0.2, 0.25) is 0 Å². The first-order valence-electron chi connectivity index (χ1n) is 6.41. The van der Waals surface area contributed by atoms with E-state index in [9.17, 15) is 0 Å². The van der Waals surface area contributed by atoms with Gasteiger partial charge >= 0.3 is 0 Å². The summed E-state index contributed by atoms with van der Waals surface area (Å²) in [7, 11) is 0. The molecule has 84 valence electrons. The van der Waals surface area contributed by atoms with Crippen LogP contribution in [0.25, 0.3) is 0 Å². The van der Waals surface area contributed by atoms with Gasteiger partial charge in [0.15, 0.2) is 0 Å². The number of nitrogens with one attached hydrogen (secondary N) is 1. The zero-order valence-electron chi connectivity index (χ0n) is 10.3. The van der Waals surface area contributed by atoms with Crippen LogP contribution in [0.5, 0.6) is 0 Å². The van der Waals surface area contributed by atoms with Gasteiger partial charge in [0, 0.05) is 12.1 Å². The van der Waals surface area contributed by atoms with Gasteiger partial charge in [0.05, 0.1) is 0 Å². The Balaban J connectivity index is 2.39. The molecule has 0 bridgehead atoms. The summed E-state index contributed by atoms with van der Waals surface area (Å²) in [5.74, 6) is 1.66. The SMILES string of the molecule is CC[C@H](N[C@H]1CCCC[C@H]1C)C(C)C. The lowest BCUT2D eigenvalue weighted by Crippen LogP contribution is -2.45. The summed E-state index contributed by atoms with van der Waals surface area (Å²) in [6.45, 7) is 9.36. The Morgan fingerprint density at radius 3 is 2.36 bits per heavy atom. The van der Waals surface area contributed by atoms with Gasteiger partial charge in [-0.15, -0.1) is 0 Å². The van der Waals surface area contributed by atoms with Crippen molar-refractivity contribution >= 4 is 0 Å². The second-order valence-corrected chi connectivity index (χ2v) is 5.29. The van der Waals surface area contributed by atoms with Gasteiger partial charge in [-0.05, 0) is 31.1 Å². The molecule has 1 rings (SSSR count). The van der Waals surface area contributed by atoms with E-state index in [1.807, 2.05) is 0 Å². The fourth-order valence-corrected chi connectivity index (χ4v) is 2.62. The smallest absolute Gasteiger partial charge is 0.00953 e. The van der Waals surface area contributed by atoms with Crippen molar-refractivity contribution in [2.24, 2.45) is 11.8 Å². The molecular formula is C13H27N. The molecule has 0 aromatic heterocycles. The predicted molar refractivity (Wildman–Crippen MR) is 63.5 cm³/mol. The molecule has 1 fully saturated rings. The Hall–Kier alpha value is -0.0400. The van der Waals surface area contributed by atoms with Crippen molar-refractivity contribution < 1.29 is 0 Å². The minimum absolute atomic E-state index is 0.723. The molecule has 0 radical (unpaired) electrons. The topological polar surface area (TPSA) is 12.0 Å². The van der Waals surface area contributed by atoms with Crippen molar-refractivity contribution in [3.05, 3.63) is 0 Å². The maximum atomic E-state index is 3.85. The minimum Gasteiger partial charge on any atom is -0.311 e. The molecule has 1 nitrogen and oxygen atoms in total. The molecule has 0 heterocycles. The average molecular weight is 197 g/mol. The van der Waals surface area contributed by atoms with E-state index in [0.717, 1.165) is 23.9 Å². The molecule has 0 unspecified atom stereocenters. The van der Waals surface area contributed by atoms with Crippen LogP contribution in [0.15, 0.2) is 0 Å². The monoisotopic (exact) mass is 197 g/mol. The number of hydrogen-bond donors (Lipinski definition) is 1. The second kappa shape index (κ2) is 5.75. The third kappa shape index (κ3) is 3.27. The van der Waals surface area contributed by atoms with E-state index in [1.54, 1.807) is 0 Å². The third-order valence-electron chi connectivity index (χ3n) is 3.78. The molecule has 0 aromatic rings. The Labute approximate surface area is 89.7 Å². The fraction of sp³-hybridized carbons (Fsp3) is 1.00. The van der Waals surface area contributed by atoms with Gasteiger partial charge in [-0.25, -0.2) is 0 Å². The van der Waals surface area contributed by atoms with Crippen LogP contribution < -0.4 is 5.32 Å². The summed E-state index contributed by atoms with van der Waals surface area (Å²) in [6, 6.07) is 1.51. The van der Waals surface area contributed by atoms with E-state index in [0.29, 0.717) is 0 Å². The van der Waals surface area contributed by atoms with E-state index in [2.05, 4.69) is 33.0 Å². The molecule has 1 aliphatic rings. The molecule has 0 aromatic carbocycles. The maximum Gasteiger partial charge on any atom is 0.00953 e. The molecule has 0 spiro atoms. The van der Waals surface area contributed by atoms with Crippen LogP contribution >= 0.6 is 0 Å². The summed E-state index contributed by atoms with van der Waals surface area (Å²) in [5, 5.41) is 3.85. The standard InChI is InChI=1S/C13H27N/c1-5-12(10(2)3)14-13-9-7-6-8-11(13)4/h10-14H,5-9H2,1-4H3/t11-,12+,13+/m1/s1. The number of hydrogen-bond acceptors (Lipinski definition) is 1. The largest absolute Gasteiger partial charge is 0.311 e. The van der Waals surface area contributed by atoms with Crippen LogP contribution in [0.3, 0.4) is 0 Å². The van der Waals surface area contributed by atoms with Crippen molar-refractivity contribution in [2.75, 3.05) is 0 Å². The molecule has 0 aliphatic heterocycles. The highest BCUT2D eigenvalue weighted by Gasteiger charge is 2.24. The Morgan fingerprint density at radius 1 is 1.21 bits per heavy atom. The molecule has 1 aliphatic carbocycles. The first-order valence-corrected chi connectivity index (χ1v) is 6.41. The Kier molecular flexibility index (Phi) is 4.94. The average Bonchev–Trinajstić information content (AvgIpc) is 2.16. The Bertz CT molecular complexity index is 153. The van der Waals surface area contributed by atoms with Gasteiger partial charge in [-0.2, -0.15) is 0 Å². The first-order chi connectivity index (χ1) is 6.65. The van der Waals surface area contributed by atoms with Crippen LogP contribution in [0.4, 0.5) is 0 Å². The van der Waals surface area contributed by atoms with E-state index in [1.165, 1.54) is 32.1 Å². The lowest BCUT2D eigenvalue weighted by Gasteiger charge is -2.34. The lowest BCUT2D eigenvalue weighted by atomic mass is 9.84. The van der Waals surface area contributed by atoms with Crippen molar-refractivity contribution in [1.29, 1.82) is 0 Å². The maximum absolute atomic E-state index is 3.85. The van der Waals surface area contributed by atoms with Crippen molar-refractivity contribution in [3.63, 3.8) is 0 Å². The van der Waals surface area contributed by atoms with Gasteiger partial charge in [0.1, 0.15) is 0 Å². The highest BCUT2D eigenvalue weighted by Crippen LogP contribution is 2.25.